The van der Waals surface area contributed by atoms with Gasteiger partial charge in [0.25, 0.3) is 17.4 Å². The topological polar surface area (TPSA) is 195 Å². The molecule has 2 aliphatic carbocycles. The Balaban J connectivity index is 1.38. The average Bonchev–Trinajstić information content (AvgIpc) is 4.02. The fourth-order valence-electron chi connectivity index (χ4n) is 7.85. The number of halogens is 2. The van der Waals surface area contributed by atoms with Crippen LogP contribution < -0.4 is 25.7 Å². The molecule has 4 amide bonds. The second kappa shape index (κ2) is 15.8. The van der Waals surface area contributed by atoms with Crippen LogP contribution in [0.2, 0.25) is 0 Å². The van der Waals surface area contributed by atoms with Crippen molar-refractivity contribution in [3.63, 3.8) is 0 Å². The maximum atomic E-state index is 14.9. The molecule has 2 aliphatic heterocycles. The maximum Gasteiger partial charge on any atom is 0.408 e. The van der Waals surface area contributed by atoms with E-state index in [1.54, 1.807) is 58.0 Å². The number of aromatic nitrogens is 2. The molecule has 3 N–H and O–H groups in total. The molecule has 3 heterocycles. The Morgan fingerprint density at radius 1 is 1.05 bits per heavy atom. The minimum absolute atomic E-state index is 0.00205. The Morgan fingerprint density at radius 2 is 1.71 bits per heavy atom. The van der Waals surface area contributed by atoms with E-state index in [1.165, 1.54) is 9.58 Å². The Bertz CT molecular complexity index is 2200. The summed E-state index contributed by atoms with van der Waals surface area (Å²) in [5, 5.41) is 10.6. The van der Waals surface area contributed by atoms with Crippen LogP contribution in [0, 0.1) is 17.8 Å². The fourth-order valence-corrected chi connectivity index (χ4v) is 9.16. The molecule has 59 heavy (non-hydrogen) atoms. The van der Waals surface area contributed by atoms with Gasteiger partial charge in [0.2, 0.25) is 27.7 Å². The molecule has 6 rings (SSSR count). The SMILES string of the molecule is CC(C)n1nc(O[C@@H]2C[C@H]3C(=O)N[C@]4(C(=O)NS(=O)(=O)C5(C)CC5)C[C@H]4/C=C\CC[C@H](C)C[C@@H](C)[C@H](NC(=O)OC(C)(C)C(C)(F)F)C(=O)N3C2)c2ccccc2c1=O. The molecule has 7 atom stereocenters. The van der Waals surface area contributed by atoms with Crippen LogP contribution >= 0.6 is 0 Å². The van der Waals surface area contributed by atoms with Crippen molar-refractivity contribution in [2.75, 3.05) is 6.54 Å². The lowest BCUT2D eigenvalue weighted by Crippen LogP contribution is -2.59. The van der Waals surface area contributed by atoms with Crippen molar-refractivity contribution in [3.8, 4) is 5.88 Å². The van der Waals surface area contributed by atoms with E-state index in [0.29, 0.717) is 49.8 Å². The number of carbonyl (C=O) groups excluding carboxylic acids is 4. The van der Waals surface area contributed by atoms with Crippen molar-refractivity contribution in [3.05, 3.63) is 46.8 Å². The van der Waals surface area contributed by atoms with Crippen molar-refractivity contribution >= 4 is 44.6 Å². The number of alkyl carbamates (subject to hydrolysis) is 1. The fraction of sp³-hybridized carbons (Fsp3) is 0.659. The highest BCUT2D eigenvalue weighted by Crippen LogP contribution is 2.47. The summed E-state index contributed by atoms with van der Waals surface area (Å²) in [7, 11) is -4.07. The van der Waals surface area contributed by atoms with Crippen LogP contribution in [0.15, 0.2) is 41.2 Å². The number of alkyl halides is 2. The van der Waals surface area contributed by atoms with Crippen LogP contribution in [-0.2, 0) is 29.1 Å². The Morgan fingerprint density at radius 3 is 2.34 bits per heavy atom. The zero-order valence-electron chi connectivity index (χ0n) is 34.8. The van der Waals surface area contributed by atoms with Gasteiger partial charge in [0.05, 0.1) is 28.1 Å². The van der Waals surface area contributed by atoms with Gasteiger partial charge in [-0.05, 0) is 97.1 Å². The number of nitrogens with one attached hydrogen (secondary N) is 3. The summed E-state index contributed by atoms with van der Waals surface area (Å²) in [4.78, 5) is 71.3. The standard InChI is InChI=1S/C41H56F2N6O9S/c1-23(2)49-34(51)29-16-12-11-15-28(29)33(46-49)57-27-20-30-32(50)45-41(36(53)47-59(55,56)39(7)17-18-39)21-26(41)14-10-9-13-24(3)19-25(4)31(35(52)48(30)22-27)44-37(54)58-38(5,6)40(8,42)43/h10-12,14-16,23-27,30-31H,9,13,17-22H2,1-8H3,(H,44,54)(H,45,50)(H,47,53)/b14-10-/t24-,25+,26+,27+,30-,31-,41+/m0/s1. The number of rotatable bonds is 9. The summed E-state index contributed by atoms with van der Waals surface area (Å²) >= 11 is 0. The molecule has 1 saturated heterocycles. The highest BCUT2D eigenvalue weighted by Gasteiger charge is 2.63. The minimum atomic E-state index is -4.07. The Hall–Kier alpha value is -4.61. The third kappa shape index (κ3) is 8.83. The maximum absolute atomic E-state index is 14.9. The largest absolute Gasteiger partial charge is 0.471 e. The zero-order valence-corrected chi connectivity index (χ0v) is 35.7. The van der Waals surface area contributed by atoms with E-state index < -0.39 is 85.7 Å². The van der Waals surface area contributed by atoms with Gasteiger partial charge < -0.3 is 25.0 Å². The molecule has 0 radical (unpaired) electrons. The number of fused-ring (bicyclic) bond motifs is 3. The lowest BCUT2D eigenvalue weighted by molar-refractivity contribution is -0.152. The summed E-state index contributed by atoms with van der Waals surface area (Å²) in [6.45, 7) is 11.4. The van der Waals surface area contributed by atoms with E-state index in [9.17, 15) is 41.2 Å². The first-order valence-corrected chi connectivity index (χ1v) is 21.8. The first-order valence-electron chi connectivity index (χ1n) is 20.3. The molecule has 2 saturated carbocycles. The smallest absolute Gasteiger partial charge is 0.408 e. The average molecular weight is 847 g/mol. The highest BCUT2D eigenvalue weighted by molar-refractivity contribution is 7.91. The van der Waals surface area contributed by atoms with Crippen molar-refractivity contribution in [1.29, 1.82) is 0 Å². The van der Waals surface area contributed by atoms with Gasteiger partial charge in [0.15, 0.2) is 5.60 Å². The van der Waals surface area contributed by atoms with Gasteiger partial charge >= 0.3 is 6.09 Å². The lowest BCUT2D eigenvalue weighted by Gasteiger charge is -2.35. The summed E-state index contributed by atoms with van der Waals surface area (Å²) in [6, 6.07) is 3.73. The van der Waals surface area contributed by atoms with Crippen molar-refractivity contribution in [2.45, 2.75) is 146 Å². The van der Waals surface area contributed by atoms with Crippen LogP contribution in [0.4, 0.5) is 13.6 Å². The monoisotopic (exact) mass is 846 g/mol. The summed E-state index contributed by atoms with van der Waals surface area (Å²) in [6.07, 6.45) is 3.92. The molecule has 15 nitrogen and oxygen atoms in total. The third-order valence-electron chi connectivity index (χ3n) is 12.5. The second-order valence-corrected chi connectivity index (χ2v) is 20.3. The van der Waals surface area contributed by atoms with Crippen LogP contribution in [0.1, 0.15) is 106 Å². The van der Waals surface area contributed by atoms with Gasteiger partial charge in [-0.15, -0.1) is 5.10 Å². The highest BCUT2D eigenvalue weighted by atomic mass is 32.2. The van der Waals surface area contributed by atoms with Crippen LogP contribution in [0.5, 0.6) is 5.88 Å². The van der Waals surface area contributed by atoms with E-state index in [4.69, 9.17) is 9.47 Å². The number of benzene rings is 1. The number of allylic oxidation sites excluding steroid dienone is 1. The predicted molar refractivity (Wildman–Crippen MR) is 214 cm³/mol. The molecule has 1 aromatic carbocycles. The van der Waals surface area contributed by atoms with Crippen LogP contribution in [0.25, 0.3) is 10.8 Å². The van der Waals surface area contributed by atoms with E-state index in [-0.39, 0.29) is 42.8 Å². The molecule has 18 heteroatoms. The zero-order chi connectivity index (χ0) is 43.5. The van der Waals surface area contributed by atoms with Gasteiger partial charge in [-0.1, -0.05) is 38.1 Å². The molecule has 4 aliphatic rings. The van der Waals surface area contributed by atoms with Crippen LogP contribution in [0.3, 0.4) is 0 Å². The quantitative estimate of drug-likeness (QED) is 0.297. The molecular weight excluding hydrogens is 791 g/mol. The van der Waals surface area contributed by atoms with Crippen molar-refractivity contribution in [1.82, 2.24) is 30.0 Å². The Kier molecular flexibility index (Phi) is 11.8. The van der Waals surface area contributed by atoms with Crippen molar-refractivity contribution in [2.24, 2.45) is 17.8 Å². The van der Waals surface area contributed by atoms with Gasteiger partial charge in [0.1, 0.15) is 23.7 Å². The first kappa shape index (κ1) is 44.0. The predicted octanol–water partition coefficient (Wildman–Crippen LogP) is 4.74. The number of hydrogen-bond acceptors (Lipinski definition) is 10. The molecule has 0 spiro atoms. The number of amides is 4. The van der Waals surface area contributed by atoms with Crippen molar-refractivity contribution < 1.29 is 45.9 Å². The lowest BCUT2D eigenvalue weighted by atomic mass is 9.88. The summed E-state index contributed by atoms with van der Waals surface area (Å²) < 4.78 is 69.3. The number of nitrogens with zero attached hydrogens (tertiary/aromatic N) is 3. The molecule has 0 unspecified atom stereocenters. The number of carbonyl (C=O) groups is 4. The molecule has 3 fully saturated rings. The van der Waals surface area contributed by atoms with Crippen LogP contribution in [-0.4, -0.2) is 93.5 Å². The number of hydrogen-bond donors (Lipinski definition) is 3. The molecule has 324 valence electrons. The third-order valence-corrected chi connectivity index (χ3v) is 14.6. The second-order valence-electron chi connectivity index (χ2n) is 18.1. The van der Waals surface area contributed by atoms with Gasteiger partial charge in [-0.25, -0.2) is 26.7 Å². The van der Waals surface area contributed by atoms with E-state index in [2.05, 4.69) is 20.5 Å². The summed E-state index contributed by atoms with van der Waals surface area (Å²) in [5.41, 5.74) is -4.21. The number of sulfonamides is 1. The normalized spacial score (nSPS) is 29.3. The molecular formula is C41H56F2N6O9S. The van der Waals surface area contributed by atoms with E-state index in [0.717, 1.165) is 13.8 Å². The van der Waals surface area contributed by atoms with E-state index >= 15 is 0 Å². The van der Waals surface area contributed by atoms with Gasteiger partial charge in [0, 0.05) is 19.3 Å². The summed E-state index contributed by atoms with van der Waals surface area (Å²) in [5.74, 6) is -6.83. The molecule has 1 aromatic heterocycles. The molecule has 2 aromatic rings. The van der Waals surface area contributed by atoms with E-state index in [1.807, 2.05) is 13.0 Å². The van der Waals surface area contributed by atoms with Gasteiger partial charge in [-0.3, -0.25) is 23.9 Å². The van der Waals surface area contributed by atoms with Gasteiger partial charge in [-0.2, -0.15) is 0 Å². The Labute approximate surface area is 343 Å². The molecule has 0 bridgehead atoms. The first-order chi connectivity index (χ1) is 27.4. The number of ether oxygens (including phenoxy) is 2. The minimum Gasteiger partial charge on any atom is -0.471 e.